The molecule has 3 rings (SSSR count). The van der Waals surface area contributed by atoms with E-state index in [0.29, 0.717) is 19.5 Å². The molecule has 2 heterocycles. The van der Waals surface area contributed by atoms with Crippen LogP contribution in [0.3, 0.4) is 0 Å². The lowest BCUT2D eigenvalue weighted by atomic mass is 9.99. The molecule has 23 heavy (non-hydrogen) atoms. The highest BCUT2D eigenvalue weighted by Gasteiger charge is 2.28. The zero-order chi connectivity index (χ0) is 16.6. The second-order valence-electron chi connectivity index (χ2n) is 5.95. The highest BCUT2D eigenvalue weighted by Crippen LogP contribution is 2.33. The predicted molar refractivity (Wildman–Crippen MR) is 86.7 cm³/mol. The number of aryl methyl sites for hydroxylation is 1. The van der Waals surface area contributed by atoms with Gasteiger partial charge in [-0.1, -0.05) is 18.2 Å². The Balaban J connectivity index is 2.19. The fourth-order valence-corrected chi connectivity index (χ4v) is 3.17. The number of carbonyl (C=O) groups excluding carboxylic acids is 2. The molecule has 0 radical (unpaired) electrons. The van der Waals surface area contributed by atoms with Crippen LogP contribution in [0.2, 0.25) is 0 Å². The molecule has 0 saturated carbocycles. The van der Waals surface area contributed by atoms with Crippen molar-refractivity contribution < 1.29 is 14.3 Å². The van der Waals surface area contributed by atoms with Gasteiger partial charge in [0.25, 0.3) is 0 Å². The number of hydrogen-bond acceptors (Lipinski definition) is 4. The molecule has 5 heteroatoms. The molecule has 0 N–H and O–H groups in total. The second kappa shape index (κ2) is 5.99. The van der Waals surface area contributed by atoms with Crippen molar-refractivity contribution in [2.24, 2.45) is 0 Å². The summed E-state index contributed by atoms with van der Waals surface area (Å²) in [6.07, 6.45) is 0.159. The number of hydrogen-bond donors (Lipinski definition) is 0. The molecule has 120 valence electrons. The van der Waals surface area contributed by atoms with Crippen molar-refractivity contribution >= 4 is 22.8 Å². The van der Waals surface area contributed by atoms with Crippen LogP contribution < -0.4 is 0 Å². The van der Waals surface area contributed by atoms with Crippen LogP contribution in [0.25, 0.3) is 10.9 Å². The van der Waals surface area contributed by atoms with Gasteiger partial charge in [0.15, 0.2) is 0 Å². The van der Waals surface area contributed by atoms with Gasteiger partial charge in [0.1, 0.15) is 6.10 Å². The van der Waals surface area contributed by atoms with Crippen molar-refractivity contribution in [1.82, 2.24) is 9.88 Å². The SMILES string of the molecule is CC(=O)OC1CCN(C(C)=O)Cc2c1nc1ccccc1c2C. The molecule has 2 aromatic rings. The van der Waals surface area contributed by atoms with Crippen molar-refractivity contribution in [2.75, 3.05) is 6.54 Å². The molecule has 1 aromatic heterocycles. The molecule has 1 unspecified atom stereocenters. The van der Waals surface area contributed by atoms with Crippen molar-refractivity contribution in [2.45, 2.75) is 39.8 Å². The quantitative estimate of drug-likeness (QED) is 0.760. The van der Waals surface area contributed by atoms with Crippen molar-refractivity contribution in [1.29, 1.82) is 0 Å². The lowest BCUT2D eigenvalue weighted by Gasteiger charge is -2.20. The van der Waals surface area contributed by atoms with Crippen molar-refractivity contribution in [3.05, 3.63) is 41.1 Å². The highest BCUT2D eigenvalue weighted by molar-refractivity contribution is 5.84. The zero-order valence-electron chi connectivity index (χ0n) is 13.6. The molecule has 0 fully saturated rings. The Morgan fingerprint density at radius 3 is 2.70 bits per heavy atom. The van der Waals surface area contributed by atoms with Gasteiger partial charge in [-0.15, -0.1) is 0 Å². The summed E-state index contributed by atoms with van der Waals surface area (Å²) in [5, 5.41) is 1.07. The van der Waals surface area contributed by atoms with E-state index in [1.807, 2.05) is 31.2 Å². The van der Waals surface area contributed by atoms with Crippen LogP contribution in [-0.2, 0) is 20.9 Å². The monoisotopic (exact) mass is 312 g/mol. The Labute approximate surface area is 135 Å². The summed E-state index contributed by atoms with van der Waals surface area (Å²) >= 11 is 0. The summed E-state index contributed by atoms with van der Waals surface area (Å²) in [6.45, 7) is 6.07. The smallest absolute Gasteiger partial charge is 0.303 e. The molecule has 1 atom stereocenters. The molecule has 0 saturated heterocycles. The van der Waals surface area contributed by atoms with Crippen LogP contribution in [0, 0.1) is 6.92 Å². The van der Waals surface area contributed by atoms with Gasteiger partial charge in [-0.3, -0.25) is 9.59 Å². The van der Waals surface area contributed by atoms with Crippen LogP contribution in [-0.4, -0.2) is 28.3 Å². The molecule has 1 amide bonds. The van der Waals surface area contributed by atoms with Crippen molar-refractivity contribution in [3.8, 4) is 0 Å². The number of benzene rings is 1. The molecule has 1 aliphatic rings. The summed E-state index contributed by atoms with van der Waals surface area (Å²) in [5.41, 5.74) is 3.75. The van der Waals surface area contributed by atoms with E-state index < -0.39 is 6.10 Å². The molecule has 0 bridgehead atoms. The van der Waals surface area contributed by atoms with E-state index in [0.717, 1.165) is 27.7 Å². The number of para-hydroxylation sites is 1. The first-order valence-electron chi connectivity index (χ1n) is 7.78. The standard InChI is InChI=1S/C18H20N2O3/c1-11-14-6-4-5-7-16(14)19-18-15(11)10-20(12(2)21)9-8-17(18)23-13(3)22/h4-7,17H,8-10H2,1-3H3. The van der Waals surface area contributed by atoms with E-state index in [1.54, 1.807) is 11.8 Å². The van der Waals surface area contributed by atoms with Gasteiger partial charge in [-0.2, -0.15) is 0 Å². The van der Waals surface area contributed by atoms with Crippen molar-refractivity contribution in [3.63, 3.8) is 0 Å². The number of amides is 1. The van der Waals surface area contributed by atoms with Crippen LogP contribution in [0.4, 0.5) is 0 Å². The van der Waals surface area contributed by atoms with Gasteiger partial charge in [0.05, 0.1) is 11.2 Å². The minimum absolute atomic E-state index is 0.0204. The van der Waals surface area contributed by atoms with Crippen LogP contribution in [0.5, 0.6) is 0 Å². The maximum Gasteiger partial charge on any atom is 0.303 e. The topological polar surface area (TPSA) is 59.5 Å². The van der Waals surface area contributed by atoms with Gasteiger partial charge < -0.3 is 9.64 Å². The normalized spacial score (nSPS) is 17.5. The number of carbonyl (C=O) groups is 2. The number of nitrogens with zero attached hydrogens (tertiary/aromatic N) is 2. The lowest BCUT2D eigenvalue weighted by Crippen LogP contribution is -2.28. The maximum atomic E-state index is 11.9. The average molecular weight is 312 g/mol. The van der Waals surface area contributed by atoms with E-state index in [-0.39, 0.29) is 11.9 Å². The first kappa shape index (κ1) is 15.5. The lowest BCUT2D eigenvalue weighted by molar-refractivity contribution is -0.147. The van der Waals surface area contributed by atoms with E-state index >= 15 is 0 Å². The van der Waals surface area contributed by atoms with Crippen LogP contribution >= 0.6 is 0 Å². The molecule has 1 aliphatic heterocycles. The Hall–Kier alpha value is -2.43. The first-order valence-corrected chi connectivity index (χ1v) is 7.78. The summed E-state index contributed by atoms with van der Waals surface area (Å²) in [6, 6.07) is 7.91. The largest absolute Gasteiger partial charge is 0.456 e. The Morgan fingerprint density at radius 1 is 1.26 bits per heavy atom. The Morgan fingerprint density at radius 2 is 2.00 bits per heavy atom. The maximum absolute atomic E-state index is 11.9. The molecule has 0 aliphatic carbocycles. The van der Waals surface area contributed by atoms with Gasteiger partial charge in [0.2, 0.25) is 5.91 Å². The first-order chi connectivity index (χ1) is 11.0. The van der Waals surface area contributed by atoms with E-state index in [9.17, 15) is 9.59 Å². The minimum atomic E-state index is -0.407. The fraction of sp³-hybridized carbons (Fsp3) is 0.389. The zero-order valence-corrected chi connectivity index (χ0v) is 13.6. The number of esters is 1. The fourth-order valence-electron chi connectivity index (χ4n) is 3.17. The van der Waals surface area contributed by atoms with Crippen LogP contribution in [0.1, 0.15) is 43.2 Å². The number of rotatable bonds is 1. The molecule has 1 aromatic carbocycles. The Bertz CT molecular complexity index is 785. The minimum Gasteiger partial charge on any atom is -0.456 e. The predicted octanol–water partition coefficient (Wildman–Crippen LogP) is 2.90. The molecular weight excluding hydrogens is 292 g/mol. The molecule has 5 nitrogen and oxygen atoms in total. The van der Waals surface area contributed by atoms with Gasteiger partial charge in [-0.25, -0.2) is 4.98 Å². The third-order valence-electron chi connectivity index (χ3n) is 4.38. The number of pyridine rings is 1. The van der Waals surface area contributed by atoms with Crippen LogP contribution in [0.15, 0.2) is 24.3 Å². The highest BCUT2D eigenvalue weighted by atomic mass is 16.5. The van der Waals surface area contributed by atoms with E-state index in [2.05, 4.69) is 0 Å². The number of ether oxygens (including phenoxy) is 1. The average Bonchev–Trinajstić information content (AvgIpc) is 2.68. The summed E-state index contributed by atoms with van der Waals surface area (Å²) < 4.78 is 5.49. The van der Waals surface area contributed by atoms with Gasteiger partial charge >= 0.3 is 5.97 Å². The van der Waals surface area contributed by atoms with E-state index in [4.69, 9.17) is 9.72 Å². The summed E-state index contributed by atoms with van der Waals surface area (Å²) in [7, 11) is 0. The van der Waals surface area contributed by atoms with Gasteiger partial charge in [0, 0.05) is 44.3 Å². The van der Waals surface area contributed by atoms with E-state index in [1.165, 1.54) is 6.92 Å². The second-order valence-corrected chi connectivity index (χ2v) is 5.95. The molecule has 0 spiro atoms. The molecular formula is C18H20N2O3. The number of aromatic nitrogens is 1. The summed E-state index contributed by atoms with van der Waals surface area (Å²) in [4.78, 5) is 29.9. The third kappa shape index (κ3) is 2.91. The summed E-state index contributed by atoms with van der Waals surface area (Å²) in [5.74, 6) is -0.308. The third-order valence-corrected chi connectivity index (χ3v) is 4.38. The Kier molecular flexibility index (Phi) is 4.03. The number of fused-ring (bicyclic) bond motifs is 2. The van der Waals surface area contributed by atoms with Gasteiger partial charge in [-0.05, 0) is 18.6 Å².